The quantitative estimate of drug-likeness (QED) is 0.632. The molecule has 0 atom stereocenters. The lowest BCUT2D eigenvalue weighted by Crippen LogP contribution is -2.13. The number of nitrogens with zero attached hydrogens (tertiary/aromatic N) is 1. The van der Waals surface area contributed by atoms with Crippen molar-refractivity contribution in [1.82, 2.24) is 0 Å². The molecule has 0 aromatic heterocycles. The van der Waals surface area contributed by atoms with E-state index < -0.39 is 5.91 Å². The first kappa shape index (κ1) is 19.1. The van der Waals surface area contributed by atoms with Crippen molar-refractivity contribution in [3.05, 3.63) is 47.5 Å². The average molecular weight is 380 g/mol. The summed E-state index contributed by atoms with van der Waals surface area (Å²) < 4.78 is 21.6. The molecule has 0 saturated heterocycles. The van der Waals surface area contributed by atoms with Gasteiger partial charge in [-0.25, -0.2) is 0 Å². The molecule has 0 radical (unpaired) electrons. The van der Waals surface area contributed by atoms with E-state index in [4.69, 9.17) is 18.9 Å². The number of rotatable bonds is 5. The molecule has 3 rings (SSSR count). The number of nitrogens with one attached hydrogen (secondary N) is 1. The SMILES string of the molecule is COc1ccc(NC(=O)/C(C#N)=C/c2ccc3c(c2)OCCCO3)cc1OC. The average Bonchev–Trinajstić information content (AvgIpc) is 2.96. The maximum absolute atomic E-state index is 12.5. The molecular weight excluding hydrogens is 360 g/mol. The molecule has 1 N–H and O–H groups in total. The summed E-state index contributed by atoms with van der Waals surface area (Å²) in [7, 11) is 3.04. The lowest BCUT2D eigenvalue weighted by atomic mass is 10.1. The Kier molecular flexibility index (Phi) is 6.02. The van der Waals surface area contributed by atoms with Crippen molar-refractivity contribution in [3.63, 3.8) is 0 Å². The van der Waals surface area contributed by atoms with Crippen LogP contribution in [0.5, 0.6) is 23.0 Å². The third-order valence-electron chi connectivity index (χ3n) is 4.09. The molecular formula is C21H20N2O5. The summed E-state index contributed by atoms with van der Waals surface area (Å²) >= 11 is 0. The molecule has 2 aromatic rings. The zero-order valence-corrected chi connectivity index (χ0v) is 15.7. The Labute approximate surface area is 163 Å². The molecule has 1 heterocycles. The highest BCUT2D eigenvalue weighted by Crippen LogP contribution is 2.32. The fourth-order valence-corrected chi connectivity index (χ4v) is 2.70. The van der Waals surface area contributed by atoms with Crippen LogP contribution < -0.4 is 24.3 Å². The van der Waals surface area contributed by atoms with Gasteiger partial charge in [0.1, 0.15) is 11.6 Å². The van der Waals surface area contributed by atoms with Gasteiger partial charge in [-0.05, 0) is 35.9 Å². The first-order valence-corrected chi connectivity index (χ1v) is 8.69. The standard InChI is InChI=1S/C21H20N2O5/c1-25-17-7-5-16(12-19(17)26-2)23-21(24)15(13-22)10-14-4-6-18-20(11-14)28-9-3-8-27-18/h4-7,10-12H,3,8-9H2,1-2H3,(H,23,24)/b15-10+. The Morgan fingerprint density at radius 2 is 1.82 bits per heavy atom. The van der Waals surface area contributed by atoms with Crippen LogP contribution in [0.4, 0.5) is 5.69 Å². The van der Waals surface area contributed by atoms with Crippen LogP contribution >= 0.6 is 0 Å². The van der Waals surface area contributed by atoms with Crippen LogP contribution in [0, 0.1) is 11.3 Å². The fraction of sp³-hybridized carbons (Fsp3) is 0.238. The van der Waals surface area contributed by atoms with E-state index in [1.807, 2.05) is 6.07 Å². The molecule has 1 aliphatic heterocycles. The molecule has 0 unspecified atom stereocenters. The summed E-state index contributed by atoms with van der Waals surface area (Å²) in [6.45, 7) is 1.16. The van der Waals surface area contributed by atoms with Gasteiger partial charge in [0, 0.05) is 18.2 Å². The molecule has 2 aromatic carbocycles. The lowest BCUT2D eigenvalue weighted by Gasteiger charge is -2.10. The first-order valence-electron chi connectivity index (χ1n) is 8.69. The minimum absolute atomic E-state index is 0.0377. The van der Waals surface area contributed by atoms with Gasteiger partial charge in [0.15, 0.2) is 23.0 Å². The Morgan fingerprint density at radius 1 is 1.07 bits per heavy atom. The van der Waals surface area contributed by atoms with Gasteiger partial charge in [-0.15, -0.1) is 0 Å². The Bertz CT molecular complexity index is 946. The van der Waals surface area contributed by atoms with E-state index in [-0.39, 0.29) is 5.57 Å². The molecule has 0 bridgehead atoms. The minimum Gasteiger partial charge on any atom is -0.493 e. The number of carbonyl (C=O) groups is 1. The van der Waals surface area contributed by atoms with E-state index in [2.05, 4.69) is 5.32 Å². The summed E-state index contributed by atoms with van der Waals surface area (Å²) in [6.07, 6.45) is 2.31. The van der Waals surface area contributed by atoms with Gasteiger partial charge in [-0.3, -0.25) is 4.79 Å². The topological polar surface area (TPSA) is 89.8 Å². The normalized spacial score (nSPS) is 13.1. The van der Waals surface area contributed by atoms with Crippen LogP contribution in [0.1, 0.15) is 12.0 Å². The van der Waals surface area contributed by atoms with Crippen molar-refractivity contribution in [2.75, 3.05) is 32.8 Å². The Morgan fingerprint density at radius 3 is 2.54 bits per heavy atom. The number of fused-ring (bicyclic) bond motifs is 1. The number of nitriles is 1. The van der Waals surface area contributed by atoms with Gasteiger partial charge in [-0.1, -0.05) is 6.07 Å². The largest absolute Gasteiger partial charge is 0.493 e. The van der Waals surface area contributed by atoms with E-state index >= 15 is 0 Å². The molecule has 0 spiro atoms. The minimum atomic E-state index is -0.526. The van der Waals surface area contributed by atoms with E-state index in [0.29, 0.717) is 47.5 Å². The maximum atomic E-state index is 12.5. The van der Waals surface area contributed by atoms with Crippen LogP contribution in [0.3, 0.4) is 0 Å². The van der Waals surface area contributed by atoms with Crippen molar-refractivity contribution in [1.29, 1.82) is 5.26 Å². The van der Waals surface area contributed by atoms with Gasteiger partial charge in [0.25, 0.3) is 5.91 Å². The van der Waals surface area contributed by atoms with Gasteiger partial charge in [-0.2, -0.15) is 5.26 Å². The number of ether oxygens (including phenoxy) is 4. The van der Waals surface area contributed by atoms with Crippen LogP contribution in [0.25, 0.3) is 6.08 Å². The fourth-order valence-electron chi connectivity index (χ4n) is 2.70. The molecule has 0 aliphatic carbocycles. The predicted octanol–water partition coefficient (Wildman–Crippen LogP) is 3.41. The molecule has 1 amide bonds. The number of amides is 1. The van der Waals surface area contributed by atoms with Crippen molar-refractivity contribution in [2.45, 2.75) is 6.42 Å². The maximum Gasteiger partial charge on any atom is 0.266 e. The molecule has 144 valence electrons. The van der Waals surface area contributed by atoms with E-state index in [0.717, 1.165) is 6.42 Å². The second-order valence-electron chi connectivity index (χ2n) is 5.95. The van der Waals surface area contributed by atoms with E-state index in [1.165, 1.54) is 20.3 Å². The molecule has 1 aliphatic rings. The Hall–Kier alpha value is -3.66. The van der Waals surface area contributed by atoms with E-state index in [9.17, 15) is 10.1 Å². The van der Waals surface area contributed by atoms with Crippen molar-refractivity contribution < 1.29 is 23.7 Å². The van der Waals surface area contributed by atoms with Crippen LogP contribution in [0.15, 0.2) is 42.0 Å². The van der Waals surface area contributed by atoms with Crippen molar-refractivity contribution >= 4 is 17.7 Å². The summed E-state index contributed by atoms with van der Waals surface area (Å²) in [5.41, 5.74) is 1.12. The third-order valence-corrected chi connectivity index (χ3v) is 4.09. The number of benzene rings is 2. The number of carbonyl (C=O) groups excluding carboxylic acids is 1. The highest BCUT2D eigenvalue weighted by atomic mass is 16.5. The van der Waals surface area contributed by atoms with Crippen molar-refractivity contribution in [3.8, 4) is 29.1 Å². The third kappa shape index (κ3) is 4.35. The monoisotopic (exact) mass is 380 g/mol. The highest BCUT2D eigenvalue weighted by molar-refractivity contribution is 6.09. The predicted molar refractivity (Wildman–Crippen MR) is 104 cm³/mol. The number of methoxy groups -OCH3 is 2. The van der Waals surface area contributed by atoms with Gasteiger partial charge in [0.05, 0.1) is 27.4 Å². The second-order valence-corrected chi connectivity index (χ2v) is 5.95. The molecule has 0 saturated carbocycles. The van der Waals surface area contributed by atoms with Gasteiger partial charge < -0.3 is 24.3 Å². The summed E-state index contributed by atoms with van der Waals surface area (Å²) in [5.74, 6) is 1.75. The smallest absolute Gasteiger partial charge is 0.266 e. The summed E-state index contributed by atoms with van der Waals surface area (Å²) in [4.78, 5) is 12.5. The van der Waals surface area contributed by atoms with Crippen LogP contribution in [-0.2, 0) is 4.79 Å². The lowest BCUT2D eigenvalue weighted by molar-refractivity contribution is -0.112. The van der Waals surface area contributed by atoms with Gasteiger partial charge >= 0.3 is 0 Å². The zero-order valence-electron chi connectivity index (χ0n) is 15.7. The van der Waals surface area contributed by atoms with E-state index in [1.54, 1.807) is 36.4 Å². The summed E-state index contributed by atoms with van der Waals surface area (Å²) in [5, 5.41) is 12.1. The first-order chi connectivity index (χ1) is 13.6. The molecule has 7 nitrogen and oxygen atoms in total. The molecule has 7 heteroatoms. The number of hydrogen-bond acceptors (Lipinski definition) is 6. The second kappa shape index (κ2) is 8.82. The summed E-state index contributed by atoms with van der Waals surface area (Å²) in [6, 6.07) is 12.2. The Balaban J connectivity index is 1.80. The number of hydrogen-bond donors (Lipinski definition) is 1. The van der Waals surface area contributed by atoms with Crippen LogP contribution in [0.2, 0.25) is 0 Å². The van der Waals surface area contributed by atoms with Crippen LogP contribution in [-0.4, -0.2) is 33.3 Å². The molecule has 28 heavy (non-hydrogen) atoms. The number of anilines is 1. The zero-order chi connectivity index (χ0) is 19.9. The van der Waals surface area contributed by atoms with Crippen molar-refractivity contribution in [2.24, 2.45) is 0 Å². The van der Waals surface area contributed by atoms with Gasteiger partial charge in [0.2, 0.25) is 0 Å². The highest BCUT2D eigenvalue weighted by Gasteiger charge is 2.14. The molecule has 0 fully saturated rings.